The quantitative estimate of drug-likeness (QED) is 0.0772. The summed E-state index contributed by atoms with van der Waals surface area (Å²) in [7, 11) is 0. The molecule has 2 unspecified atom stereocenters. The molecule has 0 saturated carbocycles. The minimum absolute atomic E-state index is 0.0616. The largest absolute Gasteiger partial charge is 0.353 e. The highest BCUT2D eigenvalue weighted by atomic mass is 15.4. The molecule has 2 aromatic rings. The summed E-state index contributed by atoms with van der Waals surface area (Å²) in [6.45, 7) is 9.35. The molecule has 1 aliphatic rings. The third-order valence-electron chi connectivity index (χ3n) is 11.2. The van der Waals surface area contributed by atoms with E-state index in [9.17, 15) is 0 Å². The fourth-order valence-corrected chi connectivity index (χ4v) is 8.33. The van der Waals surface area contributed by atoms with Gasteiger partial charge in [-0.15, -0.1) is 0 Å². The molecule has 0 spiro atoms. The van der Waals surface area contributed by atoms with Crippen LogP contribution < -0.4 is 0 Å². The van der Waals surface area contributed by atoms with Crippen LogP contribution in [0.3, 0.4) is 0 Å². The molecule has 2 heteroatoms. The van der Waals surface area contributed by atoms with Crippen LogP contribution >= 0.6 is 0 Å². The fraction of sp³-hybridized carbons (Fsp3) is 0.696. The maximum Gasteiger partial charge on any atom is 0.123 e. The molecule has 0 amide bonds. The smallest absolute Gasteiger partial charge is 0.123 e. The fourth-order valence-electron chi connectivity index (χ4n) is 8.33. The average Bonchev–Trinajstić information content (AvgIpc) is 3.45. The maximum absolute atomic E-state index is 2.79. The summed E-state index contributed by atoms with van der Waals surface area (Å²) >= 11 is 0. The minimum atomic E-state index is -0.0616. The molecule has 0 aliphatic carbocycles. The van der Waals surface area contributed by atoms with E-state index in [0.717, 1.165) is 25.9 Å². The number of hydrogen-bond donors (Lipinski definition) is 0. The van der Waals surface area contributed by atoms with Crippen LogP contribution in [0.1, 0.15) is 192 Å². The van der Waals surface area contributed by atoms with E-state index in [1.165, 1.54) is 159 Å². The van der Waals surface area contributed by atoms with E-state index >= 15 is 0 Å². The van der Waals surface area contributed by atoms with Gasteiger partial charge in [0.05, 0.1) is 0 Å². The van der Waals surface area contributed by atoms with Crippen LogP contribution in [-0.4, -0.2) is 28.6 Å². The van der Waals surface area contributed by atoms with E-state index in [4.69, 9.17) is 0 Å². The van der Waals surface area contributed by atoms with Gasteiger partial charge in [-0.2, -0.15) is 0 Å². The lowest BCUT2D eigenvalue weighted by molar-refractivity contribution is -0.00378. The molecule has 0 saturated heterocycles. The van der Waals surface area contributed by atoms with E-state index < -0.39 is 0 Å². The Morgan fingerprint density at radius 3 is 1.17 bits per heavy atom. The van der Waals surface area contributed by atoms with Crippen molar-refractivity contribution < 1.29 is 0 Å². The predicted molar refractivity (Wildman–Crippen MR) is 212 cm³/mol. The molecule has 0 radical (unpaired) electrons. The first-order valence-electron chi connectivity index (χ1n) is 21.1. The summed E-state index contributed by atoms with van der Waals surface area (Å²) in [6.07, 6.45) is 39.3. The number of rotatable bonds is 30. The van der Waals surface area contributed by atoms with Gasteiger partial charge in [0.15, 0.2) is 0 Å². The summed E-state index contributed by atoms with van der Waals surface area (Å²) < 4.78 is 0. The second kappa shape index (κ2) is 25.7. The third-order valence-corrected chi connectivity index (χ3v) is 11.2. The van der Waals surface area contributed by atoms with Crippen LogP contribution in [0.25, 0.3) is 0 Å². The van der Waals surface area contributed by atoms with Gasteiger partial charge in [0.2, 0.25) is 0 Å². The highest BCUT2D eigenvalue weighted by molar-refractivity contribution is 5.30. The maximum atomic E-state index is 2.79. The normalized spacial score (nSPS) is 16.6. The predicted octanol–water partition coefficient (Wildman–Crippen LogP) is 14.2. The number of nitrogens with zero attached hydrogens (tertiary/aromatic N) is 2. The zero-order valence-electron chi connectivity index (χ0n) is 32.0. The third kappa shape index (κ3) is 14.3. The molecular weight excluding hydrogens is 581 g/mol. The standard InChI is InChI=1S/C46H76N2/c1-4-7-9-11-13-15-17-18-19-21-23-25-33-39-48-41-40-47(38-32-24-22-20-16-14-12-10-8-5-2)46(48,42-43-34-28-26-29-35-43)45(6-3)44-36-30-27-31-37-44/h26-31,34-37,40-41,45H,4-25,32-33,38-39,42H2,1-3H3. The molecule has 0 aromatic heterocycles. The molecule has 1 aliphatic heterocycles. The van der Waals surface area contributed by atoms with Crippen LogP contribution in [0.15, 0.2) is 73.1 Å². The van der Waals surface area contributed by atoms with Gasteiger partial charge in [-0.25, -0.2) is 0 Å². The molecule has 2 atom stereocenters. The van der Waals surface area contributed by atoms with E-state index in [2.05, 4.69) is 104 Å². The Labute approximate surface area is 299 Å². The summed E-state index contributed by atoms with van der Waals surface area (Å²) in [5.41, 5.74) is 2.88. The Kier molecular flexibility index (Phi) is 21.5. The molecule has 3 rings (SSSR count). The SMILES string of the molecule is CCCCCCCCCCCCCCCN1C=CN(CCCCCCCCCCCC)C1(Cc1ccccc1)C(CC)c1ccccc1. The second-order valence-corrected chi connectivity index (χ2v) is 15.0. The summed E-state index contributed by atoms with van der Waals surface area (Å²) in [5, 5.41) is 0. The Morgan fingerprint density at radius 2 is 0.792 bits per heavy atom. The van der Waals surface area contributed by atoms with Crippen molar-refractivity contribution in [3.8, 4) is 0 Å². The van der Waals surface area contributed by atoms with Gasteiger partial charge in [0, 0.05) is 37.8 Å². The zero-order valence-corrected chi connectivity index (χ0v) is 32.0. The topological polar surface area (TPSA) is 6.48 Å². The van der Waals surface area contributed by atoms with E-state index in [-0.39, 0.29) is 5.66 Å². The lowest BCUT2D eigenvalue weighted by Gasteiger charge is -2.51. The van der Waals surface area contributed by atoms with Gasteiger partial charge in [-0.05, 0) is 30.4 Å². The monoisotopic (exact) mass is 657 g/mol. The van der Waals surface area contributed by atoms with Crippen LogP contribution in [0.4, 0.5) is 0 Å². The molecule has 270 valence electrons. The van der Waals surface area contributed by atoms with Gasteiger partial charge in [0.25, 0.3) is 0 Å². The van der Waals surface area contributed by atoms with E-state index in [1.807, 2.05) is 0 Å². The lowest BCUT2D eigenvalue weighted by Crippen LogP contribution is -2.59. The van der Waals surface area contributed by atoms with Crippen molar-refractivity contribution in [1.82, 2.24) is 9.80 Å². The van der Waals surface area contributed by atoms with Crippen molar-refractivity contribution in [3.63, 3.8) is 0 Å². The first-order chi connectivity index (χ1) is 23.8. The number of unbranched alkanes of at least 4 members (excludes halogenated alkanes) is 21. The van der Waals surface area contributed by atoms with Crippen LogP contribution in [-0.2, 0) is 6.42 Å². The Bertz CT molecular complexity index is 1030. The highest BCUT2D eigenvalue weighted by Gasteiger charge is 2.49. The summed E-state index contributed by atoms with van der Waals surface area (Å²) in [5.74, 6) is 0.444. The van der Waals surface area contributed by atoms with Crippen LogP contribution in [0.5, 0.6) is 0 Å². The van der Waals surface area contributed by atoms with Gasteiger partial charge in [-0.3, -0.25) is 0 Å². The van der Waals surface area contributed by atoms with Gasteiger partial charge < -0.3 is 9.80 Å². The van der Waals surface area contributed by atoms with Gasteiger partial charge in [0.1, 0.15) is 5.66 Å². The highest BCUT2D eigenvalue weighted by Crippen LogP contribution is 2.45. The molecule has 1 heterocycles. The molecule has 0 bridgehead atoms. The van der Waals surface area contributed by atoms with E-state index in [1.54, 1.807) is 0 Å². The van der Waals surface area contributed by atoms with Crippen molar-refractivity contribution in [2.75, 3.05) is 13.1 Å². The first kappa shape index (κ1) is 40.2. The minimum Gasteiger partial charge on any atom is -0.353 e. The molecule has 2 aromatic carbocycles. The average molecular weight is 657 g/mol. The zero-order chi connectivity index (χ0) is 34.0. The number of benzene rings is 2. The van der Waals surface area contributed by atoms with Crippen LogP contribution in [0.2, 0.25) is 0 Å². The van der Waals surface area contributed by atoms with Crippen molar-refractivity contribution in [1.29, 1.82) is 0 Å². The first-order valence-corrected chi connectivity index (χ1v) is 21.1. The summed E-state index contributed by atoms with van der Waals surface area (Å²) in [6, 6.07) is 22.8. The molecule has 2 nitrogen and oxygen atoms in total. The Balaban J connectivity index is 1.59. The molecule has 0 fully saturated rings. The Hall–Kier alpha value is -2.22. The number of hydrogen-bond acceptors (Lipinski definition) is 2. The molecule has 0 N–H and O–H groups in total. The van der Waals surface area contributed by atoms with Crippen molar-refractivity contribution >= 4 is 0 Å². The van der Waals surface area contributed by atoms with Gasteiger partial charge in [-0.1, -0.05) is 216 Å². The Morgan fingerprint density at radius 1 is 0.438 bits per heavy atom. The summed E-state index contributed by atoms with van der Waals surface area (Å²) in [4.78, 5) is 5.57. The second-order valence-electron chi connectivity index (χ2n) is 15.0. The molecule has 48 heavy (non-hydrogen) atoms. The van der Waals surface area contributed by atoms with Crippen molar-refractivity contribution in [2.45, 2.75) is 193 Å². The lowest BCUT2D eigenvalue weighted by atomic mass is 9.78. The molecular formula is C46H76N2. The van der Waals surface area contributed by atoms with Crippen molar-refractivity contribution in [2.24, 2.45) is 0 Å². The van der Waals surface area contributed by atoms with Gasteiger partial charge >= 0.3 is 0 Å². The van der Waals surface area contributed by atoms with Crippen LogP contribution in [0, 0.1) is 0 Å². The van der Waals surface area contributed by atoms with Crippen molar-refractivity contribution in [3.05, 3.63) is 84.2 Å². The van der Waals surface area contributed by atoms with E-state index in [0.29, 0.717) is 5.92 Å².